The Balaban J connectivity index is 2.15. The van der Waals surface area contributed by atoms with Gasteiger partial charge in [0, 0.05) is 6.42 Å². The largest absolute Gasteiger partial charge is 0.493 e. The van der Waals surface area contributed by atoms with Crippen molar-refractivity contribution < 1.29 is 4.74 Å². The molecule has 0 fully saturated rings. The average Bonchev–Trinajstić information content (AvgIpc) is 2.62. The Morgan fingerprint density at radius 2 is 2.20 bits per heavy atom. The predicted octanol–water partition coefficient (Wildman–Crippen LogP) is 3.95. The normalized spacial score (nSPS) is 16.3. The van der Waals surface area contributed by atoms with Crippen LogP contribution in [0.5, 0.6) is 5.75 Å². The topological polar surface area (TPSA) is 9.23 Å². The first-order valence-electron chi connectivity index (χ1n) is 5.56. The van der Waals surface area contributed by atoms with E-state index in [2.05, 4.69) is 26.0 Å². The smallest absolute Gasteiger partial charge is 0.122 e. The van der Waals surface area contributed by atoms with Gasteiger partial charge in [0.15, 0.2) is 0 Å². The molecule has 0 aromatic heterocycles. The Bertz CT molecular complexity index is 346. The van der Waals surface area contributed by atoms with Gasteiger partial charge in [-0.15, -0.1) is 11.6 Å². The lowest BCUT2D eigenvalue weighted by molar-refractivity contribution is 0.357. The Labute approximate surface area is 96.4 Å². The molecular weight excluding hydrogens is 208 g/mol. The fourth-order valence-corrected chi connectivity index (χ4v) is 2.44. The second-order valence-corrected chi connectivity index (χ2v) is 5.09. The number of hydrogen-bond donors (Lipinski definition) is 0. The van der Waals surface area contributed by atoms with Crippen LogP contribution in [0.15, 0.2) is 18.2 Å². The van der Waals surface area contributed by atoms with E-state index in [9.17, 15) is 0 Å². The van der Waals surface area contributed by atoms with Gasteiger partial charge in [0.1, 0.15) is 5.75 Å². The molecular formula is C13H17ClO. The van der Waals surface area contributed by atoms with Crippen LogP contribution in [0.4, 0.5) is 0 Å². The predicted molar refractivity (Wildman–Crippen MR) is 63.7 cm³/mol. The van der Waals surface area contributed by atoms with Crippen LogP contribution in [0.3, 0.4) is 0 Å². The zero-order valence-electron chi connectivity index (χ0n) is 9.29. The van der Waals surface area contributed by atoms with Gasteiger partial charge in [-0.3, -0.25) is 0 Å². The molecule has 1 unspecified atom stereocenters. The average molecular weight is 225 g/mol. The quantitative estimate of drug-likeness (QED) is 0.707. The molecule has 2 rings (SSSR count). The summed E-state index contributed by atoms with van der Waals surface area (Å²) < 4.78 is 5.47. The van der Waals surface area contributed by atoms with Crippen LogP contribution in [-0.4, -0.2) is 6.61 Å². The van der Waals surface area contributed by atoms with Gasteiger partial charge in [0.2, 0.25) is 0 Å². The fraction of sp³-hybridized carbons (Fsp3) is 0.538. The van der Waals surface area contributed by atoms with Crippen molar-refractivity contribution in [1.29, 1.82) is 0 Å². The highest BCUT2D eigenvalue weighted by atomic mass is 35.5. The van der Waals surface area contributed by atoms with E-state index >= 15 is 0 Å². The van der Waals surface area contributed by atoms with Gasteiger partial charge in [-0.05, 0) is 29.5 Å². The summed E-state index contributed by atoms with van der Waals surface area (Å²) in [6.45, 7) is 5.22. The second-order valence-electron chi connectivity index (χ2n) is 4.56. The minimum atomic E-state index is 0.135. The summed E-state index contributed by atoms with van der Waals surface area (Å²) in [7, 11) is 0. The summed E-state index contributed by atoms with van der Waals surface area (Å²) in [5.41, 5.74) is 2.54. The molecule has 1 atom stereocenters. The minimum Gasteiger partial charge on any atom is -0.493 e. The van der Waals surface area contributed by atoms with Crippen LogP contribution in [0.1, 0.15) is 36.8 Å². The van der Waals surface area contributed by atoms with Crippen LogP contribution in [-0.2, 0) is 6.42 Å². The first-order valence-corrected chi connectivity index (χ1v) is 6.00. The molecule has 0 saturated carbocycles. The second kappa shape index (κ2) is 4.44. The molecule has 0 saturated heterocycles. The molecule has 0 bridgehead atoms. The summed E-state index contributed by atoms with van der Waals surface area (Å²) in [5, 5.41) is 0.135. The van der Waals surface area contributed by atoms with Crippen molar-refractivity contribution in [3.8, 4) is 5.75 Å². The third-order valence-corrected chi connectivity index (χ3v) is 3.18. The number of alkyl halides is 1. The molecule has 1 aromatic carbocycles. The maximum Gasteiger partial charge on any atom is 0.122 e. The van der Waals surface area contributed by atoms with E-state index in [1.807, 2.05) is 6.07 Å². The SMILES string of the molecule is CC(C)CC(Cl)c1ccc2c(c1)CCO2. The molecule has 0 N–H and O–H groups in total. The lowest BCUT2D eigenvalue weighted by atomic mass is 10.00. The molecule has 1 aliphatic rings. The van der Waals surface area contributed by atoms with Crippen molar-refractivity contribution in [3.63, 3.8) is 0 Å². The van der Waals surface area contributed by atoms with Gasteiger partial charge in [-0.25, -0.2) is 0 Å². The van der Waals surface area contributed by atoms with E-state index in [0.29, 0.717) is 5.92 Å². The molecule has 0 aliphatic carbocycles. The third-order valence-electron chi connectivity index (χ3n) is 2.75. The van der Waals surface area contributed by atoms with Crippen molar-refractivity contribution in [1.82, 2.24) is 0 Å². The number of fused-ring (bicyclic) bond motifs is 1. The lowest BCUT2D eigenvalue weighted by Gasteiger charge is -2.13. The first-order chi connectivity index (χ1) is 7.16. The maximum atomic E-state index is 6.36. The van der Waals surface area contributed by atoms with Crippen molar-refractivity contribution in [2.24, 2.45) is 5.92 Å². The molecule has 0 amide bonds. The van der Waals surface area contributed by atoms with E-state index in [1.165, 1.54) is 11.1 Å². The van der Waals surface area contributed by atoms with Gasteiger partial charge < -0.3 is 4.74 Å². The van der Waals surface area contributed by atoms with Crippen molar-refractivity contribution in [2.75, 3.05) is 6.61 Å². The highest BCUT2D eigenvalue weighted by Crippen LogP contribution is 2.33. The number of benzene rings is 1. The molecule has 1 nitrogen and oxygen atoms in total. The highest BCUT2D eigenvalue weighted by Gasteiger charge is 2.16. The molecule has 15 heavy (non-hydrogen) atoms. The summed E-state index contributed by atoms with van der Waals surface area (Å²) in [5.74, 6) is 1.67. The molecule has 0 radical (unpaired) electrons. The van der Waals surface area contributed by atoms with Crippen molar-refractivity contribution in [2.45, 2.75) is 32.1 Å². The zero-order valence-corrected chi connectivity index (χ0v) is 10.1. The van der Waals surface area contributed by atoms with E-state index in [1.54, 1.807) is 0 Å². The summed E-state index contributed by atoms with van der Waals surface area (Å²) in [6.07, 6.45) is 2.05. The summed E-state index contributed by atoms with van der Waals surface area (Å²) in [4.78, 5) is 0. The van der Waals surface area contributed by atoms with Gasteiger partial charge in [0.25, 0.3) is 0 Å². The van der Waals surface area contributed by atoms with E-state index in [4.69, 9.17) is 16.3 Å². The van der Waals surface area contributed by atoms with Gasteiger partial charge in [0.05, 0.1) is 12.0 Å². The van der Waals surface area contributed by atoms with E-state index < -0.39 is 0 Å². The number of ether oxygens (including phenoxy) is 1. The van der Waals surface area contributed by atoms with E-state index in [0.717, 1.165) is 25.2 Å². The molecule has 0 spiro atoms. The molecule has 1 heterocycles. The summed E-state index contributed by atoms with van der Waals surface area (Å²) in [6, 6.07) is 6.33. The lowest BCUT2D eigenvalue weighted by Crippen LogP contribution is -1.96. The van der Waals surface area contributed by atoms with Gasteiger partial charge in [-0.2, -0.15) is 0 Å². The Kier molecular flexibility index (Phi) is 3.20. The standard InChI is InChI=1S/C13H17ClO/c1-9(2)7-12(14)10-3-4-13-11(8-10)5-6-15-13/h3-4,8-9,12H,5-7H2,1-2H3. The molecule has 2 heteroatoms. The Hall–Kier alpha value is -0.690. The molecule has 1 aromatic rings. The first kappa shape index (κ1) is 10.8. The van der Waals surface area contributed by atoms with Gasteiger partial charge >= 0.3 is 0 Å². The number of hydrogen-bond acceptors (Lipinski definition) is 1. The number of rotatable bonds is 3. The van der Waals surface area contributed by atoms with Crippen LogP contribution < -0.4 is 4.74 Å². The van der Waals surface area contributed by atoms with Crippen LogP contribution >= 0.6 is 11.6 Å². The number of halogens is 1. The Morgan fingerprint density at radius 3 is 2.93 bits per heavy atom. The monoisotopic (exact) mass is 224 g/mol. The summed E-state index contributed by atoms with van der Waals surface area (Å²) >= 11 is 6.36. The highest BCUT2D eigenvalue weighted by molar-refractivity contribution is 6.20. The minimum absolute atomic E-state index is 0.135. The van der Waals surface area contributed by atoms with Crippen LogP contribution in [0.2, 0.25) is 0 Å². The van der Waals surface area contributed by atoms with Crippen LogP contribution in [0, 0.1) is 5.92 Å². The van der Waals surface area contributed by atoms with Crippen molar-refractivity contribution in [3.05, 3.63) is 29.3 Å². The van der Waals surface area contributed by atoms with E-state index in [-0.39, 0.29) is 5.38 Å². The Morgan fingerprint density at radius 1 is 1.40 bits per heavy atom. The van der Waals surface area contributed by atoms with Crippen LogP contribution in [0.25, 0.3) is 0 Å². The van der Waals surface area contributed by atoms with Gasteiger partial charge in [-0.1, -0.05) is 26.0 Å². The molecule has 1 aliphatic heterocycles. The van der Waals surface area contributed by atoms with Crippen molar-refractivity contribution >= 4 is 11.6 Å². The fourth-order valence-electron chi connectivity index (χ4n) is 1.95. The third kappa shape index (κ3) is 2.46. The zero-order chi connectivity index (χ0) is 10.8. The molecule has 82 valence electrons. The maximum absolute atomic E-state index is 6.36.